The molecular weight excluding hydrogens is 295 g/mol. The molecule has 1 aromatic heterocycles. The third-order valence-corrected chi connectivity index (χ3v) is 3.66. The molecule has 0 atom stereocenters. The number of rotatable bonds is 1. The van der Waals surface area contributed by atoms with E-state index in [0.29, 0.717) is 28.8 Å². The van der Waals surface area contributed by atoms with Crippen LogP contribution in [0.3, 0.4) is 0 Å². The highest BCUT2D eigenvalue weighted by Gasteiger charge is 2.31. The van der Waals surface area contributed by atoms with Crippen LogP contribution in [0.2, 0.25) is 0 Å². The molecule has 0 saturated carbocycles. The third-order valence-electron chi connectivity index (χ3n) is 3.66. The zero-order chi connectivity index (χ0) is 16.6. The SMILES string of the molecule is CC(C)N1Cc2c(F)cc(C#Cc3cnc(N)nc3)cc2C1=O. The van der Waals surface area contributed by atoms with E-state index in [4.69, 9.17) is 5.73 Å². The Morgan fingerprint density at radius 2 is 1.87 bits per heavy atom. The highest BCUT2D eigenvalue weighted by molar-refractivity contribution is 5.99. The second-order valence-electron chi connectivity index (χ2n) is 5.59. The Labute approximate surface area is 133 Å². The van der Waals surface area contributed by atoms with Crippen LogP contribution in [0.5, 0.6) is 0 Å². The lowest BCUT2D eigenvalue weighted by atomic mass is 10.1. The summed E-state index contributed by atoms with van der Waals surface area (Å²) in [5, 5.41) is 0. The standard InChI is InChI=1S/C17H15FN4O/c1-10(2)22-9-14-13(16(22)23)5-11(6-15(14)18)3-4-12-7-20-17(19)21-8-12/h5-8,10H,9H2,1-2H3,(H2,19,20,21). The molecule has 6 heteroatoms. The first-order valence-corrected chi connectivity index (χ1v) is 7.18. The fourth-order valence-electron chi connectivity index (χ4n) is 2.42. The average Bonchev–Trinajstić information content (AvgIpc) is 2.85. The zero-order valence-corrected chi connectivity index (χ0v) is 12.8. The summed E-state index contributed by atoms with van der Waals surface area (Å²) in [6.45, 7) is 4.12. The number of hydrogen-bond acceptors (Lipinski definition) is 4. The number of benzene rings is 1. The van der Waals surface area contributed by atoms with Gasteiger partial charge in [-0.1, -0.05) is 11.8 Å². The molecule has 3 rings (SSSR count). The number of carbonyl (C=O) groups excluding carboxylic acids is 1. The lowest BCUT2D eigenvalue weighted by Gasteiger charge is -2.19. The molecule has 1 aromatic carbocycles. The van der Waals surface area contributed by atoms with E-state index in [1.54, 1.807) is 11.0 Å². The van der Waals surface area contributed by atoms with E-state index in [1.165, 1.54) is 18.5 Å². The molecule has 5 nitrogen and oxygen atoms in total. The summed E-state index contributed by atoms with van der Waals surface area (Å²) >= 11 is 0. The fourth-order valence-corrected chi connectivity index (χ4v) is 2.42. The number of aromatic nitrogens is 2. The van der Waals surface area contributed by atoms with Gasteiger partial charge in [0.15, 0.2) is 0 Å². The van der Waals surface area contributed by atoms with Crippen molar-refractivity contribution >= 4 is 11.9 Å². The summed E-state index contributed by atoms with van der Waals surface area (Å²) in [5.41, 5.74) is 7.23. The largest absolute Gasteiger partial charge is 0.368 e. The van der Waals surface area contributed by atoms with Crippen molar-refractivity contribution in [3.05, 3.63) is 52.6 Å². The lowest BCUT2D eigenvalue weighted by molar-refractivity contribution is 0.0730. The Kier molecular flexibility index (Phi) is 3.70. The number of fused-ring (bicyclic) bond motifs is 1. The molecule has 1 aliphatic heterocycles. The van der Waals surface area contributed by atoms with Crippen molar-refractivity contribution in [2.75, 3.05) is 5.73 Å². The van der Waals surface area contributed by atoms with E-state index in [-0.39, 0.29) is 17.9 Å². The Bertz CT molecular complexity index is 834. The van der Waals surface area contributed by atoms with Crippen LogP contribution >= 0.6 is 0 Å². The molecule has 0 saturated heterocycles. The van der Waals surface area contributed by atoms with Crippen LogP contribution < -0.4 is 5.73 Å². The van der Waals surface area contributed by atoms with Gasteiger partial charge >= 0.3 is 0 Å². The normalized spacial score (nSPS) is 13.0. The molecule has 0 spiro atoms. The molecule has 0 aliphatic carbocycles. The number of halogens is 1. The van der Waals surface area contributed by atoms with Gasteiger partial charge in [-0.25, -0.2) is 14.4 Å². The van der Waals surface area contributed by atoms with Gasteiger partial charge in [0, 0.05) is 41.7 Å². The van der Waals surface area contributed by atoms with Gasteiger partial charge in [-0.05, 0) is 26.0 Å². The predicted molar refractivity (Wildman–Crippen MR) is 83.8 cm³/mol. The van der Waals surface area contributed by atoms with Gasteiger partial charge in [-0.2, -0.15) is 0 Å². The van der Waals surface area contributed by atoms with E-state index in [2.05, 4.69) is 21.8 Å². The first-order chi connectivity index (χ1) is 11.0. The first kappa shape index (κ1) is 15.0. The van der Waals surface area contributed by atoms with Gasteiger partial charge in [0.1, 0.15) is 5.82 Å². The second kappa shape index (κ2) is 5.69. The Hall–Kier alpha value is -2.94. The number of nitrogens with two attached hydrogens (primary N) is 1. The van der Waals surface area contributed by atoms with Crippen molar-refractivity contribution in [2.45, 2.75) is 26.4 Å². The zero-order valence-electron chi connectivity index (χ0n) is 12.8. The van der Waals surface area contributed by atoms with Crippen LogP contribution in [0.25, 0.3) is 0 Å². The molecule has 1 aliphatic rings. The highest BCUT2D eigenvalue weighted by Crippen LogP contribution is 2.28. The molecule has 116 valence electrons. The minimum Gasteiger partial charge on any atom is -0.368 e. The molecular formula is C17H15FN4O. The van der Waals surface area contributed by atoms with Crippen LogP contribution in [0.4, 0.5) is 10.3 Å². The number of anilines is 1. The fraction of sp³-hybridized carbons (Fsp3) is 0.235. The number of hydrogen-bond donors (Lipinski definition) is 1. The Morgan fingerprint density at radius 1 is 1.22 bits per heavy atom. The monoisotopic (exact) mass is 310 g/mol. The summed E-state index contributed by atoms with van der Waals surface area (Å²) < 4.78 is 14.3. The van der Waals surface area contributed by atoms with Gasteiger partial charge < -0.3 is 10.6 Å². The van der Waals surface area contributed by atoms with Gasteiger partial charge in [-0.3, -0.25) is 4.79 Å². The maximum absolute atomic E-state index is 14.3. The van der Waals surface area contributed by atoms with Crippen molar-refractivity contribution in [2.24, 2.45) is 0 Å². The molecule has 1 amide bonds. The third kappa shape index (κ3) is 2.86. The molecule has 0 unspecified atom stereocenters. The molecule has 2 N–H and O–H groups in total. The molecule has 0 radical (unpaired) electrons. The van der Waals surface area contributed by atoms with Crippen LogP contribution in [0.15, 0.2) is 24.5 Å². The molecule has 0 bridgehead atoms. The van der Waals surface area contributed by atoms with Crippen LogP contribution in [0, 0.1) is 17.7 Å². The smallest absolute Gasteiger partial charge is 0.254 e. The Balaban J connectivity index is 1.95. The maximum Gasteiger partial charge on any atom is 0.254 e. The predicted octanol–water partition coefficient (Wildman–Crippen LogP) is 1.96. The number of nitrogens with zero attached hydrogens (tertiary/aromatic N) is 3. The van der Waals surface area contributed by atoms with E-state index in [0.717, 1.165) is 0 Å². The van der Waals surface area contributed by atoms with Gasteiger partial charge in [0.2, 0.25) is 5.95 Å². The quantitative estimate of drug-likeness (QED) is 0.817. The van der Waals surface area contributed by atoms with Gasteiger partial charge in [0.25, 0.3) is 5.91 Å². The Morgan fingerprint density at radius 3 is 2.52 bits per heavy atom. The average molecular weight is 310 g/mol. The molecule has 2 aromatic rings. The molecule has 2 heterocycles. The summed E-state index contributed by atoms with van der Waals surface area (Å²) in [5.74, 6) is 5.27. The number of amides is 1. The minimum atomic E-state index is -0.406. The first-order valence-electron chi connectivity index (χ1n) is 7.18. The maximum atomic E-state index is 14.3. The van der Waals surface area contributed by atoms with Crippen LogP contribution in [-0.4, -0.2) is 26.8 Å². The second-order valence-corrected chi connectivity index (χ2v) is 5.59. The summed E-state index contributed by atoms with van der Waals surface area (Å²) in [6, 6.07) is 3.01. The van der Waals surface area contributed by atoms with Crippen molar-refractivity contribution in [1.82, 2.24) is 14.9 Å². The van der Waals surface area contributed by atoms with Crippen molar-refractivity contribution in [3.63, 3.8) is 0 Å². The van der Waals surface area contributed by atoms with Gasteiger partial charge in [0.05, 0.1) is 5.56 Å². The van der Waals surface area contributed by atoms with Crippen LogP contribution in [0.1, 0.15) is 40.9 Å². The molecule has 23 heavy (non-hydrogen) atoms. The van der Waals surface area contributed by atoms with Crippen molar-refractivity contribution in [1.29, 1.82) is 0 Å². The van der Waals surface area contributed by atoms with E-state index < -0.39 is 5.82 Å². The highest BCUT2D eigenvalue weighted by atomic mass is 19.1. The van der Waals surface area contributed by atoms with Crippen molar-refractivity contribution in [3.8, 4) is 11.8 Å². The van der Waals surface area contributed by atoms with E-state index in [9.17, 15) is 9.18 Å². The minimum absolute atomic E-state index is 0.0239. The topological polar surface area (TPSA) is 72.1 Å². The lowest BCUT2D eigenvalue weighted by Crippen LogP contribution is -2.30. The van der Waals surface area contributed by atoms with E-state index >= 15 is 0 Å². The van der Waals surface area contributed by atoms with Crippen LogP contribution in [-0.2, 0) is 6.54 Å². The molecule has 0 fully saturated rings. The summed E-state index contributed by atoms with van der Waals surface area (Å²) in [4.78, 5) is 21.6. The number of nitrogen functional groups attached to an aromatic ring is 1. The van der Waals surface area contributed by atoms with E-state index in [1.807, 2.05) is 13.8 Å². The van der Waals surface area contributed by atoms with Crippen molar-refractivity contribution < 1.29 is 9.18 Å². The summed E-state index contributed by atoms with van der Waals surface area (Å²) in [7, 11) is 0. The van der Waals surface area contributed by atoms with Gasteiger partial charge in [-0.15, -0.1) is 0 Å². The number of carbonyl (C=O) groups is 1. The summed E-state index contributed by atoms with van der Waals surface area (Å²) in [6.07, 6.45) is 2.98.